The van der Waals surface area contributed by atoms with Crippen molar-refractivity contribution in [3.8, 4) is 22.3 Å². The first-order valence-electron chi connectivity index (χ1n) is 21.3. The molecule has 0 atom stereocenters. The van der Waals surface area contributed by atoms with Gasteiger partial charge in [0.2, 0.25) is 0 Å². The van der Waals surface area contributed by atoms with Crippen molar-refractivity contribution in [3.63, 3.8) is 0 Å². The van der Waals surface area contributed by atoms with Crippen molar-refractivity contribution >= 4 is 76.4 Å². The molecule has 3 heteroatoms. The zero-order valence-electron chi connectivity index (χ0n) is 33.7. The average molecular weight is 807 g/mol. The molecule has 1 heterocycles. The quantitative estimate of drug-likeness (QED) is 0.165. The van der Waals surface area contributed by atoms with E-state index in [0.717, 1.165) is 34.1 Å². The molecule has 1 spiro atoms. The molecule has 1 aromatic heterocycles. The molecule has 0 radical (unpaired) electrons. The number of nitrogens with zero attached hydrogens (tertiary/aromatic N) is 2. The van der Waals surface area contributed by atoms with Crippen molar-refractivity contribution in [3.05, 3.63) is 253 Å². The van der Waals surface area contributed by atoms with Crippen molar-refractivity contribution < 1.29 is 0 Å². The van der Waals surface area contributed by atoms with Crippen LogP contribution in [0.1, 0.15) is 22.3 Å². The van der Waals surface area contributed by atoms with E-state index in [9.17, 15) is 0 Å². The molecule has 2 nitrogen and oxygen atoms in total. The van der Waals surface area contributed by atoms with Crippen LogP contribution in [0.4, 0.5) is 34.1 Å². The normalized spacial score (nSPS) is 13.0. The SMILES string of the molecule is c1ccc(N(c2ccccc2)c2ccc3c(c2)sc2cc4c(cc23)C2(c3ccccc3-c3ccccc32)c2cccc3c(N(c5ccccc5)c5ccccc5)ccc-4c23)cc1. The molecule has 2 aliphatic carbocycles. The highest BCUT2D eigenvalue weighted by molar-refractivity contribution is 7.25. The summed E-state index contributed by atoms with van der Waals surface area (Å²) >= 11 is 1.90. The lowest BCUT2D eigenvalue weighted by Crippen LogP contribution is -2.32. The summed E-state index contributed by atoms with van der Waals surface area (Å²) < 4.78 is 2.57. The van der Waals surface area contributed by atoms with Gasteiger partial charge in [0.15, 0.2) is 0 Å². The van der Waals surface area contributed by atoms with Crippen LogP contribution in [0, 0.1) is 0 Å². The molecule has 10 aromatic carbocycles. The summed E-state index contributed by atoms with van der Waals surface area (Å²) in [5.74, 6) is 0. The molecule has 0 bridgehead atoms. The third-order valence-electron chi connectivity index (χ3n) is 13.2. The van der Waals surface area contributed by atoms with Crippen molar-refractivity contribution in [1.82, 2.24) is 0 Å². The van der Waals surface area contributed by atoms with Crippen molar-refractivity contribution in [2.75, 3.05) is 9.80 Å². The Morgan fingerprint density at radius 1 is 0.290 bits per heavy atom. The van der Waals surface area contributed by atoms with E-state index in [-0.39, 0.29) is 0 Å². The van der Waals surface area contributed by atoms with Crippen LogP contribution in [0.3, 0.4) is 0 Å². The summed E-state index contributed by atoms with van der Waals surface area (Å²) in [6.07, 6.45) is 0. The van der Waals surface area contributed by atoms with Gasteiger partial charge in [0.25, 0.3) is 0 Å². The minimum absolute atomic E-state index is 0.530. The van der Waals surface area contributed by atoms with Gasteiger partial charge in [-0.3, -0.25) is 0 Å². The largest absolute Gasteiger partial charge is 0.310 e. The van der Waals surface area contributed by atoms with E-state index >= 15 is 0 Å². The third kappa shape index (κ3) is 4.97. The van der Waals surface area contributed by atoms with Crippen molar-refractivity contribution in [2.45, 2.75) is 5.41 Å². The van der Waals surface area contributed by atoms with Crippen LogP contribution < -0.4 is 9.80 Å². The Morgan fingerprint density at radius 2 is 0.806 bits per heavy atom. The highest BCUT2D eigenvalue weighted by atomic mass is 32.1. The molecule has 2 aliphatic rings. The first-order chi connectivity index (χ1) is 30.8. The number of hydrogen-bond donors (Lipinski definition) is 0. The van der Waals surface area contributed by atoms with Crippen LogP contribution in [0.2, 0.25) is 0 Å². The van der Waals surface area contributed by atoms with Gasteiger partial charge in [-0.2, -0.15) is 0 Å². The number of rotatable bonds is 6. The molecular weight excluding hydrogens is 769 g/mol. The van der Waals surface area contributed by atoms with E-state index in [2.05, 4.69) is 240 Å². The number of anilines is 6. The first-order valence-corrected chi connectivity index (χ1v) is 22.2. The number of thiophene rings is 1. The van der Waals surface area contributed by atoms with Gasteiger partial charge in [0, 0.05) is 54.0 Å². The van der Waals surface area contributed by atoms with Gasteiger partial charge in [0.05, 0.1) is 11.1 Å². The highest BCUT2D eigenvalue weighted by Crippen LogP contribution is 2.63. The standard InChI is InChI=1S/C59H38N2S/c1-5-18-39(19-6-1)60(40-20-7-2-8-21-40)43-32-33-46-50-37-54-49(38-57(50)62-56(46)36-43)47-34-35-55(61(41-22-9-3-10-23-41)42-24-11-4-12-25-42)48-28-17-31-53(58(47)48)59(54)51-29-15-13-26-44(51)45-27-14-16-30-52(45)59/h1-38H. The molecule has 11 aromatic rings. The smallest absolute Gasteiger partial charge is 0.0726 e. The molecule has 62 heavy (non-hydrogen) atoms. The Hall–Kier alpha value is -7.72. The summed E-state index contributed by atoms with van der Waals surface area (Å²) in [5, 5.41) is 5.13. The molecule has 0 N–H and O–H groups in total. The second kappa shape index (κ2) is 13.7. The van der Waals surface area contributed by atoms with E-state index < -0.39 is 5.41 Å². The van der Waals surface area contributed by atoms with Gasteiger partial charge in [-0.1, -0.05) is 152 Å². The Balaban J connectivity index is 1.11. The van der Waals surface area contributed by atoms with Gasteiger partial charge in [-0.25, -0.2) is 0 Å². The fourth-order valence-electron chi connectivity index (χ4n) is 10.7. The van der Waals surface area contributed by atoms with Gasteiger partial charge in [0.1, 0.15) is 0 Å². The van der Waals surface area contributed by atoms with E-state index in [0.29, 0.717) is 0 Å². The fraction of sp³-hybridized carbons (Fsp3) is 0.0169. The Kier molecular flexibility index (Phi) is 7.72. The number of fused-ring (bicyclic) bond motifs is 12. The zero-order valence-corrected chi connectivity index (χ0v) is 34.6. The maximum atomic E-state index is 2.56. The minimum atomic E-state index is -0.530. The lowest BCUT2D eigenvalue weighted by molar-refractivity contribution is 0.775. The predicted octanol–water partition coefficient (Wildman–Crippen LogP) is 16.5. The van der Waals surface area contributed by atoms with E-state index in [4.69, 9.17) is 0 Å². The average Bonchev–Trinajstić information content (AvgIpc) is 3.85. The van der Waals surface area contributed by atoms with Gasteiger partial charge >= 0.3 is 0 Å². The zero-order chi connectivity index (χ0) is 40.8. The predicted molar refractivity (Wildman–Crippen MR) is 263 cm³/mol. The summed E-state index contributed by atoms with van der Waals surface area (Å²) in [6, 6.07) is 85.2. The van der Waals surface area contributed by atoms with E-state index in [1.807, 2.05) is 11.3 Å². The van der Waals surface area contributed by atoms with Crippen LogP contribution in [0.15, 0.2) is 231 Å². The van der Waals surface area contributed by atoms with Crippen LogP contribution in [-0.2, 0) is 5.41 Å². The molecule has 0 saturated heterocycles. The maximum Gasteiger partial charge on any atom is 0.0726 e. The van der Waals surface area contributed by atoms with Crippen LogP contribution in [-0.4, -0.2) is 0 Å². The molecule has 0 amide bonds. The Bertz CT molecular complexity index is 3400. The number of para-hydroxylation sites is 4. The summed E-state index contributed by atoms with van der Waals surface area (Å²) in [7, 11) is 0. The topological polar surface area (TPSA) is 6.48 Å². The van der Waals surface area contributed by atoms with E-state index in [1.54, 1.807) is 0 Å². The molecule has 13 rings (SSSR count). The monoisotopic (exact) mass is 806 g/mol. The van der Waals surface area contributed by atoms with Crippen LogP contribution >= 0.6 is 11.3 Å². The molecule has 0 unspecified atom stereocenters. The lowest BCUT2D eigenvalue weighted by Gasteiger charge is -2.40. The summed E-state index contributed by atoms with van der Waals surface area (Å²) in [4.78, 5) is 4.78. The summed E-state index contributed by atoms with van der Waals surface area (Å²) in [5.41, 5.74) is 16.9. The number of hydrogen-bond acceptors (Lipinski definition) is 3. The van der Waals surface area contributed by atoms with Crippen LogP contribution in [0.25, 0.3) is 53.2 Å². The molecular formula is C59H38N2S. The van der Waals surface area contributed by atoms with Crippen LogP contribution in [0.5, 0.6) is 0 Å². The first kappa shape index (κ1) is 35.1. The molecule has 0 fully saturated rings. The maximum absolute atomic E-state index is 2.56. The second-order valence-corrected chi connectivity index (χ2v) is 17.5. The van der Waals surface area contributed by atoms with Gasteiger partial charge in [-0.05, 0) is 129 Å². The third-order valence-corrected chi connectivity index (χ3v) is 14.3. The lowest BCUT2D eigenvalue weighted by atomic mass is 9.61. The number of benzene rings is 10. The van der Waals surface area contributed by atoms with Gasteiger partial charge in [-0.15, -0.1) is 11.3 Å². The summed E-state index contributed by atoms with van der Waals surface area (Å²) in [6.45, 7) is 0. The molecule has 0 aliphatic heterocycles. The van der Waals surface area contributed by atoms with Crippen molar-refractivity contribution in [1.29, 1.82) is 0 Å². The van der Waals surface area contributed by atoms with E-state index in [1.165, 1.54) is 75.5 Å². The van der Waals surface area contributed by atoms with Crippen molar-refractivity contribution in [2.24, 2.45) is 0 Å². The highest BCUT2D eigenvalue weighted by Gasteiger charge is 2.50. The molecule has 290 valence electrons. The molecule has 0 saturated carbocycles. The minimum Gasteiger partial charge on any atom is -0.310 e. The second-order valence-electron chi connectivity index (χ2n) is 16.4. The Labute approximate surface area is 364 Å². The Morgan fingerprint density at radius 3 is 1.40 bits per heavy atom. The fourth-order valence-corrected chi connectivity index (χ4v) is 11.9. The van der Waals surface area contributed by atoms with Gasteiger partial charge < -0.3 is 9.80 Å².